The standard InChI is InChI=1S/C13H20N2O3S/c1-13(2)5-6-15(7-13)11-9(17-3)8(14)10(19-11)12(16)18-4/h5-7,14H2,1-4H3. The topological polar surface area (TPSA) is 64.8 Å². The molecule has 1 aliphatic heterocycles. The molecule has 2 heterocycles. The first-order chi connectivity index (χ1) is 8.89. The van der Waals surface area contributed by atoms with Crippen LogP contribution in [0.3, 0.4) is 0 Å². The number of ether oxygens (including phenoxy) is 2. The van der Waals surface area contributed by atoms with Gasteiger partial charge in [-0.1, -0.05) is 13.8 Å². The Kier molecular flexibility index (Phi) is 3.62. The molecule has 0 atom stereocenters. The van der Waals surface area contributed by atoms with E-state index >= 15 is 0 Å². The van der Waals surface area contributed by atoms with Gasteiger partial charge in [-0.2, -0.15) is 0 Å². The van der Waals surface area contributed by atoms with Gasteiger partial charge >= 0.3 is 5.97 Å². The van der Waals surface area contributed by atoms with Crippen LogP contribution in [-0.4, -0.2) is 33.3 Å². The summed E-state index contributed by atoms with van der Waals surface area (Å²) in [5.41, 5.74) is 6.63. The molecule has 1 aromatic heterocycles. The van der Waals surface area contributed by atoms with E-state index in [1.54, 1.807) is 7.11 Å². The summed E-state index contributed by atoms with van der Waals surface area (Å²) in [4.78, 5) is 14.3. The second-order valence-electron chi connectivity index (χ2n) is 5.51. The number of carbonyl (C=O) groups is 1. The van der Waals surface area contributed by atoms with E-state index in [4.69, 9.17) is 15.2 Å². The van der Waals surface area contributed by atoms with Crippen molar-refractivity contribution in [1.29, 1.82) is 0 Å². The number of anilines is 2. The Balaban J connectivity index is 2.38. The number of carbonyl (C=O) groups excluding carboxylic acids is 1. The van der Waals surface area contributed by atoms with Gasteiger partial charge in [0.15, 0.2) is 5.75 Å². The first-order valence-corrected chi connectivity index (χ1v) is 7.01. The number of hydrogen-bond acceptors (Lipinski definition) is 6. The largest absolute Gasteiger partial charge is 0.492 e. The summed E-state index contributed by atoms with van der Waals surface area (Å²) in [6, 6.07) is 0. The van der Waals surface area contributed by atoms with E-state index in [0.29, 0.717) is 16.3 Å². The fraction of sp³-hybridized carbons (Fsp3) is 0.615. The third-order valence-corrected chi connectivity index (χ3v) is 4.65. The fourth-order valence-corrected chi connectivity index (χ4v) is 3.49. The molecule has 2 N–H and O–H groups in total. The number of nitrogens with two attached hydrogens (primary N) is 1. The van der Waals surface area contributed by atoms with Crippen LogP contribution in [0.25, 0.3) is 0 Å². The molecule has 0 spiro atoms. The van der Waals surface area contributed by atoms with Gasteiger partial charge in [0, 0.05) is 13.1 Å². The second-order valence-corrected chi connectivity index (χ2v) is 6.51. The molecule has 0 amide bonds. The predicted molar refractivity (Wildman–Crippen MR) is 77.2 cm³/mol. The van der Waals surface area contributed by atoms with Gasteiger partial charge in [0.1, 0.15) is 15.6 Å². The van der Waals surface area contributed by atoms with Crippen molar-refractivity contribution in [3.63, 3.8) is 0 Å². The summed E-state index contributed by atoms with van der Waals surface area (Å²) in [5.74, 6) is 0.175. The summed E-state index contributed by atoms with van der Waals surface area (Å²) >= 11 is 1.34. The van der Waals surface area contributed by atoms with Gasteiger partial charge in [-0.3, -0.25) is 0 Å². The Morgan fingerprint density at radius 1 is 1.42 bits per heavy atom. The molecule has 1 fully saturated rings. The smallest absolute Gasteiger partial charge is 0.350 e. The van der Waals surface area contributed by atoms with Crippen molar-refractivity contribution in [3.8, 4) is 5.75 Å². The van der Waals surface area contributed by atoms with Gasteiger partial charge in [0.2, 0.25) is 0 Å². The number of methoxy groups -OCH3 is 2. The molecule has 0 bridgehead atoms. The van der Waals surface area contributed by atoms with Crippen molar-refractivity contribution in [2.45, 2.75) is 20.3 Å². The zero-order valence-electron chi connectivity index (χ0n) is 11.8. The minimum atomic E-state index is -0.412. The average molecular weight is 284 g/mol. The third kappa shape index (κ3) is 2.49. The molecule has 1 aliphatic rings. The molecule has 5 nitrogen and oxygen atoms in total. The van der Waals surface area contributed by atoms with Gasteiger partial charge in [0.05, 0.1) is 14.2 Å². The highest BCUT2D eigenvalue weighted by Gasteiger charge is 2.34. The lowest BCUT2D eigenvalue weighted by atomic mass is 9.93. The molecule has 6 heteroatoms. The number of esters is 1. The summed E-state index contributed by atoms with van der Waals surface area (Å²) in [6.07, 6.45) is 1.11. The SMILES string of the molecule is COC(=O)c1sc(N2CCC(C)(C)C2)c(OC)c1N. The van der Waals surface area contributed by atoms with E-state index in [0.717, 1.165) is 24.5 Å². The maximum atomic E-state index is 11.7. The molecule has 1 aromatic rings. The van der Waals surface area contributed by atoms with E-state index in [-0.39, 0.29) is 5.41 Å². The molecule has 1 saturated heterocycles. The van der Waals surface area contributed by atoms with Crippen LogP contribution in [0.15, 0.2) is 0 Å². The maximum Gasteiger partial charge on any atom is 0.350 e. The van der Waals surface area contributed by atoms with Crippen LogP contribution in [-0.2, 0) is 4.74 Å². The van der Waals surface area contributed by atoms with Crippen LogP contribution in [0, 0.1) is 5.41 Å². The predicted octanol–water partition coefficient (Wildman–Crippen LogP) is 2.36. The van der Waals surface area contributed by atoms with Crippen molar-refractivity contribution >= 4 is 28.0 Å². The number of nitrogens with zero attached hydrogens (tertiary/aromatic N) is 1. The highest BCUT2D eigenvalue weighted by atomic mass is 32.1. The number of thiophene rings is 1. The third-order valence-electron chi connectivity index (χ3n) is 3.42. The molecule has 106 valence electrons. The zero-order valence-corrected chi connectivity index (χ0v) is 12.6. The van der Waals surface area contributed by atoms with E-state index in [1.165, 1.54) is 18.4 Å². The van der Waals surface area contributed by atoms with E-state index in [9.17, 15) is 4.79 Å². The second kappa shape index (κ2) is 4.92. The molecule has 0 radical (unpaired) electrons. The molecule has 19 heavy (non-hydrogen) atoms. The molecule has 0 aromatic carbocycles. The summed E-state index contributed by atoms with van der Waals surface area (Å²) in [6.45, 7) is 6.35. The minimum Gasteiger partial charge on any atom is -0.492 e. The highest BCUT2D eigenvalue weighted by Crippen LogP contribution is 2.47. The van der Waals surface area contributed by atoms with Crippen molar-refractivity contribution in [2.24, 2.45) is 5.41 Å². The first kappa shape index (κ1) is 14.0. The van der Waals surface area contributed by atoms with Crippen molar-refractivity contribution in [3.05, 3.63) is 4.88 Å². The van der Waals surface area contributed by atoms with E-state index < -0.39 is 5.97 Å². The quantitative estimate of drug-likeness (QED) is 0.863. The lowest BCUT2D eigenvalue weighted by Gasteiger charge is -2.20. The monoisotopic (exact) mass is 284 g/mol. The number of hydrogen-bond donors (Lipinski definition) is 1. The number of nitrogen functional groups attached to an aromatic ring is 1. The first-order valence-electron chi connectivity index (χ1n) is 6.19. The molecular formula is C13H20N2O3S. The summed E-state index contributed by atoms with van der Waals surface area (Å²) in [5, 5.41) is 0.922. The summed E-state index contributed by atoms with van der Waals surface area (Å²) < 4.78 is 10.1. The van der Waals surface area contributed by atoms with Crippen LogP contribution in [0.5, 0.6) is 5.75 Å². The van der Waals surface area contributed by atoms with Crippen LogP contribution < -0.4 is 15.4 Å². The lowest BCUT2D eigenvalue weighted by molar-refractivity contribution is 0.0607. The fourth-order valence-electron chi connectivity index (χ4n) is 2.35. The Hall–Kier alpha value is -1.43. The Labute approximate surface area is 117 Å². The van der Waals surface area contributed by atoms with Crippen molar-refractivity contribution in [2.75, 3.05) is 37.9 Å². The van der Waals surface area contributed by atoms with Crippen LogP contribution in [0.4, 0.5) is 10.7 Å². The summed E-state index contributed by atoms with van der Waals surface area (Å²) in [7, 11) is 2.93. The Bertz CT molecular complexity index is 496. The van der Waals surface area contributed by atoms with Crippen molar-refractivity contribution in [1.82, 2.24) is 0 Å². The lowest BCUT2D eigenvalue weighted by Crippen LogP contribution is -2.22. The molecular weight excluding hydrogens is 264 g/mol. The number of rotatable bonds is 3. The van der Waals surface area contributed by atoms with Gasteiger partial charge in [-0.05, 0) is 11.8 Å². The zero-order chi connectivity index (χ0) is 14.2. The molecule has 0 unspecified atom stereocenters. The van der Waals surface area contributed by atoms with Crippen LogP contribution >= 0.6 is 11.3 Å². The Morgan fingerprint density at radius 3 is 2.58 bits per heavy atom. The van der Waals surface area contributed by atoms with Crippen LogP contribution in [0.2, 0.25) is 0 Å². The van der Waals surface area contributed by atoms with E-state index in [1.807, 2.05) is 0 Å². The molecule has 2 rings (SSSR count). The van der Waals surface area contributed by atoms with Crippen LogP contribution in [0.1, 0.15) is 29.9 Å². The van der Waals surface area contributed by atoms with Gasteiger partial charge in [0.25, 0.3) is 0 Å². The van der Waals surface area contributed by atoms with Crippen molar-refractivity contribution < 1.29 is 14.3 Å². The average Bonchev–Trinajstić information content (AvgIpc) is 2.88. The maximum absolute atomic E-state index is 11.7. The van der Waals surface area contributed by atoms with E-state index in [2.05, 4.69) is 18.7 Å². The normalized spacial score (nSPS) is 17.6. The Morgan fingerprint density at radius 2 is 2.11 bits per heavy atom. The highest BCUT2D eigenvalue weighted by molar-refractivity contribution is 7.19. The van der Waals surface area contributed by atoms with Gasteiger partial charge in [-0.25, -0.2) is 4.79 Å². The molecule has 0 aliphatic carbocycles. The van der Waals surface area contributed by atoms with Gasteiger partial charge < -0.3 is 20.1 Å². The molecule has 0 saturated carbocycles. The minimum absolute atomic E-state index is 0.273. The van der Waals surface area contributed by atoms with Gasteiger partial charge in [-0.15, -0.1) is 11.3 Å².